The van der Waals surface area contributed by atoms with Crippen LogP contribution >= 0.6 is 0 Å². The molecular weight excluding hydrogens is 202 g/mol. The second kappa shape index (κ2) is 3.47. The molecule has 2 fully saturated rings. The van der Waals surface area contributed by atoms with Gasteiger partial charge in [-0.2, -0.15) is 0 Å². The van der Waals surface area contributed by atoms with E-state index in [1.165, 1.54) is 0 Å². The lowest BCUT2D eigenvalue weighted by atomic mass is 9.88. The third-order valence-electron chi connectivity index (χ3n) is 3.42. The van der Waals surface area contributed by atoms with Crippen molar-refractivity contribution in [2.75, 3.05) is 0 Å². The summed E-state index contributed by atoms with van der Waals surface area (Å²) >= 11 is 0. The smallest absolute Gasteiger partial charge is 0.252 e. The lowest BCUT2D eigenvalue weighted by molar-refractivity contribution is -0.124. The number of rotatable bonds is 1. The minimum Gasteiger partial charge on any atom is -0.342 e. The van der Waals surface area contributed by atoms with Crippen molar-refractivity contribution in [3.05, 3.63) is 0 Å². The monoisotopic (exact) mass is 223 g/mol. The average molecular weight is 223 g/mol. The van der Waals surface area contributed by atoms with Crippen molar-refractivity contribution in [3.8, 4) is 0 Å². The fraction of sp³-hybridized carbons (Fsp3) is 0.833. The minimum atomic E-state index is -0.392. The fourth-order valence-corrected chi connectivity index (χ4v) is 2.71. The summed E-state index contributed by atoms with van der Waals surface area (Å²) in [5.74, 6) is 0.746. The van der Waals surface area contributed by atoms with Gasteiger partial charge >= 0.3 is 0 Å². The maximum atomic E-state index is 12.0. The van der Waals surface area contributed by atoms with Crippen molar-refractivity contribution in [2.45, 2.75) is 58.5 Å². The summed E-state index contributed by atoms with van der Waals surface area (Å²) < 4.78 is 0. The largest absolute Gasteiger partial charge is 0.342 e. The SMILES string of the molecule is CC(C)N=C1NC(=O)C2(CCC(C)(C)C2)N1. The lowest BCUT2D eigenvalue weighted by Gasteiger charge is -2.23. The third kappa shape index (κ3) is 1.93. The van der Waals surface area contributed by atoms with Crippen molar-refractivity contribution in [1.29, 1.82) is 0 Å². The van der Waals surface area contributed by atoms with E-state index in [4.69, 9.17) is 0 Å². The van der Waals surface area contributed by atoms with E-state index in [9.17, 15) is 4.79 Å². The maximum Gasteiger partial charge on any atom is 0.252 e. The summed E-state index contributed by atoms with van der Waals surface area (Å²) in [5.41, 5.74) is -0.144. The Kier molecular flexibility index (Phi) is 2.48. The average Bonchev–Trinajstić information content (AvgIpc) is 2.54. The Labute approximate surface area is 96.9 Å². The molecule has 1 saturated carbocycles. The first-order valence-corrected chi connectivity index (χ1v) is 6.00. The lowest BCUT2D eigenvalue weighted by Crippen LogP contribution is -2.45. The Bertz CT molecular complexity index is 346. The van der Waals surface area contributed by atoms with E-state index in [1.54, 1.807) is 0 Å². The standard InChI is InChI=1S/C12H21N3O/c1-8(2)13-10-14-9(16)12(15-10)6-5-11(3,4)7-12/h8H,5-7H2,1-4H3,(H2,13,14,15,16). The quantitative estimate of drug-likeness (QED) is 0.706. The molecular formula is C12H21N3O. The topological polar surface area (TPSA) is 53.5 Å². The predicted octanol–water partition coefficient (Wildman–Crippen LogP) is 1.42. The third-order valence-corrected chi connectivity index (χ3v) is 3.42. The first-order valence-electron chi connectivity index (χ1n) is 6.00. The number of carbonyl (C=O) groups excluding carboxylic acids is 1. The van der Waals surface area contributed by atoms with E-state index in [2.05, 4.69) is 29.5 Å². The van der Waals surface area contributed by atoms with Crippen LogP contribution in [0.2, 0.25) is 0 Å². The highest BCUT2D eigenvalue weighted by Crippen LogP contribution is 2.44. The van der Waals surface area contributed by atoms with E-state index in [0.717, 1.165) is 19.3 Å². The number of hydrogen-bond acceptors (Lipinski definition) is 2. The van der Waals surface area contributed by atoms with Crippen molar-refractivity contribution >= 4 is 11.9 Å². The van der Waals surface area contributed by atoms with E-state index in [0.29, 0.717) is 5.96 Å². The molecule has 2 rings (SSSR count). The zero-order valence-electron chi connectivity index (χ0n) is 10.6. The highest BCUT2D eigenvalue weighted by atomic mass is 16.2. The highest BCUT2D eigenvalue weighted by molar-refractivity contribution is 6.09. The molecule has 4 heteroatoms. The molecule has 0 radical (unpaired) electrons. The number of amides is 1. The first-order chi connectivity index (χ1) is 7.33. The van der Waals surface area contributed by atoms with Gasteiger partial charge in [0.1, 0.15) is 5.54 Å². The molecule has 1 unspecified atom stereocenters. The van der Waals surface area contributed by atoms with Crippen LogP contribution < -0.4 is 10.6 Å². The van der Waals surface area contributed by atoms with Gasteiger partial charge in [0.05, 0.1) is 0 Å². The van der Waals surface area contributed by atoms with Gasteiger partial charge in [-0.15, -0.1) is 0 Å². The zero-order chi connectivity index (χ0) is 12.0. The second-order valence-corrected chi connectivity index (χ2v) is 6.07. The predicted molar refractivity (Wildman–Crippen MR) is 64.2 cm³/mol. The molecule has 2 N–H and O–H groups in total. The van der Waals surface area contributed by atoms with Gasteiger partial charge in [-0.3, -0.25) is 15.1 Å². The molecule has 16 heavy (non-hydrogen) atoms. The molecule has 1 spiro atoms. The molecule has 0 aromatic rings. The number of nitrogens with one attached hydrogen (secondary N) is 2. The summed E-state index contributed by atoms with van der Waals surface area (Å²) in [6, 6.07) is 0.201. The maximum absolute atomic E-state index is 12.0. The molecule has 4 nitrogen and oxygen atoms in total. The number of carbonyl (C=O) groups is 1. The van der Waals surface area contributed by atoms with E-state index in [-0.39, 0.29) is 17.4 Å². The Morgan fingerprint density at radius 1 is 1.31 bits per heavy atom. The van der Waals surface area contributed by atoms with Crippen LogP contribution in [0.15, 0.2) is 4.99 Å². The van der Waals surface area contributed by atoms with Crippen LogP contribution in [0.3, 0.4) is 0 Å². The normalized spacial score (nSPS) is 34.8. The second-order valence-electron chi connectivity index (χ2n) is 6.07. The molecule has 1 aliphatic heterocycles. The van der Waals surface area contributed by atoms with Crippen LogP contribution in [0.4, 0.5) is 0 Å². The van der Waals surface area contributed by atoms with Crippen molar-refractivity contribution in [3.63, 3.8) is 0 Å². The van der Waals surface area contributed by atoms with Gasteiger partial charge in [-0.05, 0) is 38.5 Å². The van der Waals surface area contributed by atoms with Gasteiger partial charge in [0.2, 0.25) is 0 Å². The van der Waals surface area contributed by atoms with Crippen molar-refractivity contribution in [2.24, 2.45) is 10.4 Å². The molecule has 2 aliphatic rings. The Hall–Kier alpha value is -1.06. The van der Waals surface area contributed by atoms with Crippen molar-refractivity contribution in [1.82, 2.24) is 10.6 Å². The summed E-state index contributed by atoms with van der Waals surface area (Å²) in [6.07, 6.45) is 2.88. The van der Waals surface area contributed by atoms with Crippen LogP contribution in [0, 0.1) is 5.41 Å². The van der Waals surface area contributed by atoms with Gasteiger partial charge < -0.3 is 5.32 Å². The van der Waals surface area contributed by atoms with Crippen LogP contribution in [-0.4, -0.2) is 23.4 Å². The van der Waals surface area contributed by atoms with Gasteiger partial charge in [0.25, 0.3) is 5.91 Å². The van der Waals surface area contributed by atoms with Gasteiger partial charge in [0.15, 0.2) is 5.96 Å². The number of hydrogen-bond donors (Lipinski definition) is 2. The molecule has 0 aromatic carbocycles. The van der Waals surface area contributed by atoms with Crippen LogP contribution in [0.1, 0.15) is 47.0 Å². The van der Waals surface area contributed by atoms with E-state index < -0.39 is 5.54 Å². The number of nitrogens with zero attached hydrogens (tertiary/aromatic N) is 1. The molecule has 1 aliphatic carbocycles. The van der Waals surface area contributed by atoms with Gasteiger partial charge in [-0.25, -0.2) is 0 Å². The number of guanidine groups is 1. The van der Waals surface area contributed by atoms with E-state index >= 15 is 0 Å². The molecule has 1 atom stereocenters. The Balaban J connectivity index is 2.17. The molecule has 1 amide bonds. The summed E-state index contributed by atoms with van der Waals surface area (Å²) in [5, 5.41) is 6.15. The highest BCUT2D eigenvalue weighted by Gasteiger charge is 2.52. The van der Waals surface area contributed by atoms with Crippen molar-refractivity contribution < 1.29 is 4.79 Å². The van der Waals surface area contributed by atoms with Crippen LogP contribution in [0.25, 0.3) is 0 Å². The molecule has 1 heterocycles. The summed E-state index contributed by atoms with van der Waals surface area (Å²) in [7, 11) is 0. The van der Waals surface area contributed by atoms with Gasteiger partial charge in [0, 0.05) is 6.04 Å². The minimum absolute atomic E-state index is 0.0949. The number of aliphatic imine (C=N–C) groups is 1. The molecule has 90 valence electrons. The zero-order valence-corrected chi connectivity index (χ0v) is 10.6. The first kappa shape index (κ1) is 11.4. The molecule has 1 saturated heterocycles. The van der Waals surface area contributed by atoms with Gasteiger partial charge in [-0.1, -0.05) is 13.8 Å². The van der Waals surface area contributed by atoms with E-state index in [1.807, 2.05) is 13.8 Å². The van der Waals surface area contributed by atoms with Crippen LogP contribution in [-0.2, 0) is 4.79 Å². The Morgan fingerprint density at radius 2 is 2.00 bits per heavy atom. The summed E-state index contributed by atoms with van der Waals surface area (Å²) in [4.78, 5) is 16.4. The molecule has 0 aromatic heterocycles. The van der Waals surface area contributed by atoms with Crippen LogP contribution in [0.5, 0.6) is 0 Å². The molecule has 0 bridgehead atoms. The summed E-state index contributed by atoms with van der Waals surface area (Å²) in [6.45, 7) is 8.44. The Morgan fingerprint density at radius 3 is 2.50 bits per heavy atom. The fourth-order valence-electron chi connectivity index (χ4n) is 2.71.